The number of carbonyl (C=O) groups excluding carboxylic acids is 1. The Balaban J connectivity index is 1.50. The molecule has 33 heavy (non-hydrogen) atoms. The molecule has 6 nitrogen and oxygen atoms in total. The number of carboxylic acid groups (broad SMARTS) is 1. The lowest BCUT2D eigenvalue weighted by molar-refractivity contribution is -0.144. The van der Waals surface area contributed by atoms with Crippen molar-refractivity contribution in [1.29, 1.82) is 0 Å². The van der Waals surface area contributed by atoms with Crippen molar-refractivity contribution >= 4 is 17.6 Å². The monoisotopic (exact) mass is 443 g/mol. The van der Waals surface area contributed by atoms with E-state index in [9.17, 15) is 14.7 Å². The van der Waals surface area contributed by atoms with Gasteiger partial charge in [0.2, 0.25) is 0 Å². The number of pyridine rings is 1. The smallest absolute Gasteiger partial charge is 0.320 e. The standard InChI is InChI=1S/C27H29N3O3/c1-18-15-24(28-16-21(18)17-30-14-7-6-13-25(30)27(32)33)26(31)29-23-12-8-11-22(19(23)2)20-9-4-3-5-10-20/h3-5,8-12,15-16,25H,6-7,13-14,17H2,1-2H3,(H,29,31)(H,32,33)/t25-/m0/s1. The highest BCUT2D eigenvalue weighted by Crippen LogP contribution is 2.29. The van der Waals surface area contributed by atoms with Crippen molar-refractivity contribution in [2.45, 2.75) is 45.7 Å². The van der Waals surface area contributed by atoms with Crippen molar-refractivity contribution in [3.8, 4) is 11.1 Å². The molecule has 0 radical (unpaired) electrons. The number of hydrogen-bond acceptors (Lipinski definition) is 4. The van der Waals surface area contributed by atoms with Gasteiger partial charge in [0.1, 0.15) is 11.7 Å². The summed E-state index contributed by atoms with van der Waals surface area (Å²) in [5, 5.41) is 12.5. The number of aromatic nitrogens is 1. The zero-order valence-corrected chi connectivity index (χ0v) is 19.0. The number of aryl methyl sites for hydroxylation is 1. The van der Waals surface area contributed by atoms with Gasteiger partial charge in [-0.25, -0.2) is 0 Å². The van der Waals surface area contributed by atoms with Crippen LogP contribution in [0.1, 0.15) is 46.4 Å². The molecule has 0 bridgehead atoms. The average molecular weight is 444 g/mol. The molecule has 2 aromatic carbocycles. The molecule has 2 N–H and O–H groups in total. The molecule has 0 unspecified atom stereocenters. The summed E-state index contributed by atoms with van der Waals surface area (Å²) >= 11 is 0. The quantitative estimate of drug-likeness (QED) is 0.557. The number of hydrogen-bond donors (Lipinski definition) is 2. The Kier molecular flexibility index (Phi) is 6.84. The van der Waals surface area contributed by atoms with Gasteiger partial charge < -0.3 is 10.4 Å². The summed E-state index contributed by atoms with van der Waals surface area (Å²) in [6, 6.07) is 17.3. The third-order valence-corrected chi connectivity index (χ3v) is 6.39. The van der Waals surface area contributed by atoms with Crippen molar-refractivity contribution in [1.82, 2.24) is 9.88 Å². The second kappa shape index (κ2) is 9.96. The minimum Gasteiger partial charge on any atom is -0.480 e. The van der Waals surface area contributed by atoms with Gasteiger partial charge in [-0.3, -0.25) is 19.5 Å². The second-order valence-electron chi connectivity index (χ2n) is 8.61. The minimum atomic E-state index is -0.774. The molecular formula is C27H29N3O3. The predicted octanol–water partition coefficient (Wildman–Crippen LogP) is 5.06. The lowest BCUT2D eigenvalue weighted by atomic mass is 9.99. The van der Waals surface area contributed by atoms with Gasteiger partial charge in [-0.1, -0.05) is 48.9 Å². The Labute approximate surface area is 194 Å². The number of nitrogens with one attached hydrogen (secondary N) is 1. The van der Waals surface area contributed by atoms with Crippen LogP contribution in [0.2, 0.25) is 0 Å². The van der Waals surface area contributed by atoms with E-state index in [0.29, 0.717) is 18.7 Å². The van der Waals surface area contributed by atoms with Crippen LogP contribution in [-0.2, 0) is 11.3 Å². The highest BCUT2D eigenvalue weighted by atomic mass is 16.4. The highest BCUT2D eigenvalue weighted by molar-refractivity contribution is 6.03. The third-order valence-electron chi connectivity index (χ3n) is 6.39. The maximum atomic E-state index is 12.9. The van der Waals surface area contributed by atoms with Crippen LogP contribution in [0.5, 0.6) is 0 Å². The van der Waals surface area contributed by atoms with Crippen LogP contribution in [0.25, 0.3) is 11.1 Å². The Hall–Kier alpha value is -3.51. The first-order chi connectivity index (χ1) is 15.9. The summed E-state index contributed by atoms with van der Waals surface area (Å²) in [6.45, 7) is 5.22. The topological polar surface area (TPSA) is 82.5 Å². The van der Waals surface area contributed by atoms with E-state index in [-0.39, 0.29) is 5.91 Å². The van der Waals surface area contributed by atoms with Gasteiger partial charge in [-0.05, 0) is 73.2 Å². The van der Waals surface area contributed by atoms with E-state index in [1.54, 1.807) is 12.3 Å². The zero-order valence-electron chi connectivity index (χ0n) is 19.0. The molecule has 1 fully saturated rings. The summed E-state index contributed by atoms with van der Waals surface area (Å²) < 4.78 is 0. The molecule has 0 saturated carbocycles. The zero-order chi connectivity index (χ0) is 23.4. The molecular weight excluding hydrogens is 414 g/mol. The first kappa shape index (κ1) is 22.7. The van der Waals surface area contributed by atoms with Crippen LogP contribution >= 0.6 is 0 Å². The predicted molar refractivity (Wildman–Crippen MR) is 129 cm³/mol. The fourth-order valence-electron chi connectivity index (χ4n) is 4.44. The first-order valence-electron chi connectivity index (χ1n) is 11.3. The molecule has 1 amide bonds. The number of carboxylic acids is 1. The molecule has 1 atom stereocenters. The average Bonchev–Trinajstić information content (AvgIpc) is 2.82. The summed E-state index contributed by atoms with van der Waals surface area (Å²) in [5.41, 5.74) is 6.14. The first-order valence-corrected chi connectivity index (χ1v) is 11.3. The minimum absolute atomic E-state index is 0.264. The van der Waals surface area contributed by atoms with Crippen LogP contribution in [0.15, 0.2) is 60.8 Å². The number of aliphatic carboxylic acids is 1. The fourth-order valence-corrected chi connectivity index (χ4v) is 4.44. The molecule has 170 valence electrons. The van der Waals surface area contributed by atoms with Crippen LogP contribution in [0.4, 0.5) is 5.69 Å². The molecule has 0 aliphatic carbocycles. The van der Waals surface area contributed by atoms with Gasteiger partial charge in [0, 0.05) is 18.4 Å². The normalized spacial score (nSPS) is 16.4. The van der Waals surface area contributed by atoms with Gasteiger partial charge in [-0.2, -0.15) is 0 Å². The summed E-state index contributed by atoms with van der Waals surface area (Å²) in [4.78, 5) is 30.9. The van der Waals surface area contributed by atoms with Crippen molar-refractivity contribution in [3.05, 3.63) is 83.2 Å². The van der Waals surface area contributed by atoms with Crippen molar-refractivity contribution < 1.29 is 14.7 Å². The largest absolute Gasteiger partial charge is 0.480 e. The van der Waals surface area contributed by atoms with Crippen LogP contribution in [0, 0.1) is 13.8 Å². The van der Waals surface area contributed by atoms with Gasteiger partial charge in [0.15, 0.2) is 0 Å². The maximum Gasteiger partial charge on any atom is 0.320 e. The van der Waals surface area contributed by atoms with E-state index in [0.717, 1.165) is 52.9 Å². The number of carbonyl (C=O) groups is 2. The van der Waals surface area contributed by atoms with Crippen LogP contribution in [-0.4, -0.2) is 39.5 Å². The third kappa shape index (κ3) is 5.12. The number of piperidine rings is 1. The number of amides is 1. The molecule has 1 aliphatic rings. The Bertz CT molecular complexity index is 1160. The van der Waals surface area contributed by atoms with E-state index in [2.05, 4.69) is 22.4 Å². The van der Waals surface area contributed by atoms with Gasteiger partial charge in [-0.15, -0.1) is 0 Å². The molecule has 2 heterocycles. The Morgan fingerprint density at radius 3 is 2.61 bits per heavy atom. The summed E-state index contributed by atoms with van der Waals surface area (Å²) in [5.74, 6) is -1.04. The summed E-state index contributed by atoms with van der Waals surface area (Å²) in [7, 11) is 0. The summed E-state index contributed by atoms with van der Waals surface area (Å²) in [6.07, 6.45) is 4.31. The van der Waals surface area contributed by atoms with E-state index < -0.39 is 12.0 Å². The molecule has 0 spiro atoms. The Morgan fingerprint density at radius 2 is 1.88 bits per heavy atom. The van der Waals surface area contributed by atoms with Crippen molar-refractivity contribution in [2.75, 3.05) is 11.9 Å². The molecule has 1 saturated heterocycles. The van der Waals surface area contributed by atoms with Crippen molar-refractivity contribution in [3.63, 3.8) is 0 Å². The van der Waals surface area contributed by atoms with Gasteiger partial charge in [0.05, 0.1) is 0 Å². The molecule has 4 rings (SSSR count). The van der Waals surface area contributed by atoms with Crippen LogP contribution in [0.3, 0.4) is 0 Å². The fraction of sp³-hybridized carbons (Fsp3) is 0.296. The molecule has 6 heteroatoms. The number of rotatable bonds is 6. The van der Waals surface area contributed by atoms with Crippen molar-refractivity contribution in [2.24, 2.45) is 0 Å². The second-order valence-corrected chi connectivity index (χ2v) is 8.61. The number of benzene rings is 2. The maximum absolute atomic E-state index is 12.9. The number of likely N-dealkylation sites (tertiary alicyclic amines) is 1. The molecule has 3 aromatic rings. The lowest BCUT2D eigenvalue weighted by Crippen LogP contribution is -2.44. The van der Waals surface area contributed by atoms with E-state index in [1.807, 2.05) is 55.1 Å². The molecule has 1 aliphatic heterocycles. The lowest BCUT2D eigenvalue weighted by Gasteiger charge is -2.33. The number of nitrogens with zero attached hydrogens (tertiary/aromatic N) is 2. The van der Waals surface area contributed by atoms with E-state index in [4.69, 9.17) is 0 Å². The SMILES string of the molecule is Cc1cc(C(=O)Nc2cccc(-c3ccccc3)c2C)ncc1CN1CCCC[C@H]1C(=O)O. The van der Waals surface area contributed by atoms with Gasteiger partial charge in [0.25, 0.3) is 5.91 Å². The van der Waals surface area contributed by atoms with E-state index >= 15 is 0 Å². The highest BCUT2D eigenvalue weighted by Gasteiger charge is 2.28. The van der Waals surface area contributed by atoms with Crippen LogP contribution < -0.4 is 5.32 Å². The van der Waals surface area contributed by atoms with Gasteiger partial charge >= 0.3 is 5.97 Å². The number of anilines is 1. The molecule has 1 aromatic heterocycles. The Morgan fingerprint density at radius 1 is 1.09 bits per heavy atom. The van der Waals surface area contributed by atoms with E-state index in [1.165, 1.54) is 0 Å².